The zero-order valence-electron chi connectivity index (χ0n) is 11.3. The minimum atomic E-state index is 0.00154. The van der Waals surface area contributed by atoms with Crippen molar-refractivity contribution >= 4 is 23.2 Å². The molecule has 5 heteroatoms. The zero-order chi connectivity index (χ0) is 14.8. The maximum Gasteiger partial charge on any atom is 0.298 e. The van der Waals surface area contributed by atoms with Crippen LogP contribution in [-0.4, -0.2) is 22.5 Å². The molecule has 0 unspecified atom stereocenters. The standard InChI is InChI=1S/C16H12N2O3/c1-10(20)11-3-2-4-12(7-11)16-14-8-13(21-9-19)5-6-15(14)17-18-16/h2-9H,1H3,(H,17,18). The van der Waals surface area contributed by atoms with Crippen LogP contribution in [0.15, 0.2) is 42.5 Å². The van der Waals surface area contributed by atoms with Crippen molar-refractivity contribution in [1.82, 2.24) is 10.2 Å². The lowest BCUT2D eigenvalue weighted by atomic mass is 10.0. The van der Waals surface area contributed by atoms with Crippen molar-refractivity contribution in [3.8, 4) is 17.0 Å². The minimum absolute atomic E-state index is 0.00154. The van der Waals surface area contributed by atoms with E-state index in [-0.39, 0.29) is 5.78 Å². The number of nitrogens with one attached hydrogen (secondary N) is 1. The van der Waals surface area contributed by atoms with Crippen LogP contribution in [0.5, 0.6) is 5.75 Å². The highest BCUT2D eigenvalue weighted by Crippen LogP contribution is 2.29. The number of Topliss-reactive ketones (excluding diaryl/α,β-unsaturated/α-hetero) is 1. The van der Waals surface area contributed by atoms with Gasteiger partial charge in [-0.2, -0.15) is 5.10 Å². The van der Waals surface area contributed by atoms with Gasteiger partial charge in [-0.15, -0.1) is 0 Å². The largest absolute Gasteiger partial charge is 0.429 e. The molecule has 0 aliphatic rings. The first-order valence-electron chi connectivity index (χ1n) is 6.39. The Bertz CT molecular complexity index is 836. The van der Waals surface area contributed by atoms with Crippen LogP contribution in [0.3, 0.4) is 0 Å². The summed E-state index contributed by atoms with van der Waals surface area (Å²) in [6.45, 7) is 1.91. The molecular formula is C16H12N2O3. The first-order valence-corrected chi connectivity index (χ1v) is 6.39. The minimum Gasteiger partial charge on any atom is -0.429 e. The van der Waals surface area contributed by atoms with Gasteiger partial charge >= 0.3 is 0 Å². The van der Waals surface area contributed by atoms with E-state index in [2.05, 4.69) is 10.2 Å². The average Bonchev–Trinajstić information content (AvgIpc) is 2.91. The SMILES string of the molecule is CC(=O)c1cccc(-c2n[nH]c3ccc(OC=O)cc23)c1. The Kier molecular flexibility index (Phi) is 3.23. The topological polar surface area (TPSA) is 72.1 Å². The third kappa shape index (κ3) is 2.41. The van der Waals surface area contributed by atoms with Gasteiger partial charge in [0.2, 0.25) is 0 Å². The van der Waals surface area contributed by atoms with Crippen LogP contribution in [0, 0.1) is 0 Å². The number of ether oxygens (including phenoxy) is 1. The number of nitrogens with zero attached hydrogens (tertiary/aromatic N) is 1. The van der Waals surface area contributed by atoms with E-state index in [1.165, 1.54) is 6.92 Å². The van der Waals surface area contributed by atoms with Crippen LogP contribution < -0.4 is 4.74 Å². The van der Waals surface area contributed by atoms with E-state index >= 15 is 0 Å². The van der Waals surface area contributed by atoms with Crippen molar-refractivity contribution in [1.29, 1.82) is 0 Å². The second kappa shape index (κ2) is 5.20. The zero-order valence-corrected chi connectivity index (χ0v) is 11.3. The second-order valence-corrected chi connectivity index (χ2v) is 4.63. The Balaban J connectivity index is 2.15. The van der Waals surface area contributed by atoms with Crippen molar-refractivity contribution in [2.45, 2.75) is 6.92 Å². The fraction of sp³-hybridized carbons (Fsp3) is 0.0625. The summed E-state index contributed by atoms with van der Waals surface area (Å²) >= 11 is 0. The fourth-order valence-corrected chi connectivity index (χ4v) is 2.23. The fourth-order valence-electron chi connectivity index (χ4n) is 2.23. The molecule has 3 rings (SSSR count). The van der Waals surface area contributed by atoms with E-state index in [9.17, 15) is 9.59 Å². The van der Waals surface area contributed by atoms with Crippen LogP contribution in [0.4, 0.5) is 0 Å². The van der Waals surface area contributed by atoms with Crippen LogP contribution in [0.2, 0.25) is 0 Å². The summed E-state index contributed by atoms with van der Waals surface area (Å²) in [7, 11) is 0. The summed E-state index contributed by atoms with van der Waals surface area (Å²) in [4.78, 5) is 21.9. The summed E-state index contributed by atoms with van der Waals surface area (Å²) in [5.41, 5.74) is 3.00. The number of carbonyl (C=O) groups is 2. The highest BCUT2D eigenvalue weighted by molar-refractivity contribution is 5.98. The first-order chi connectivity index (χ1) is 10.2. The molecule has 0 radical (unpaired) electrons. The lowest BCUT2D eigenvalue weighted by Crippen LogP contribution is -1.92. The van der Waals surface area contributed by atoms with E-state index < -0.39 is 0 Å². The van der Waals surface area contributed by atoms with Gasteiger partial charge in [-0.1, -0.05) is 18.2 Å². The summed E-state index contributed by atoms with van der Waals surface area (Å²) in [6, 6.07) is 12.5. The Morgan fingerprint density at radius 1 is 1.24 bits per heavy atom. The summed E-state index contributed by atoms with van der Waals surface area (Å²) in [5, 5.41) is 8.04. The number of aromatic nitrogens is 2. The van der Waals surface area contributed by atoms with Crippen molar-refractivity contribution in [2.75, 3.05) is 0 Å². The van der Waals surface area contributed by atoms with Crippen molar-refractivity contribution < 1.29 is 14.3 Å². The van der Waals surface area contributed by atoms with Gasteiger partial charge in [0.05, 0.1) is 5.52 Å². The second-order valence-electron chi connectivity index (χ2n) is 4.63. The molecular weight excluding hydrogens is 268 g/mol. The Morgan fingerprint density at radius 2 is 2.10 bits per heavy atom. The molecule has 0 aliphatic heterocycles. The van der Waals surface area contributed by atoms with Gasteiger partial charge in [-0.05, 0) is 31.2 Å². The number of benzene rings is 2. The average molecular weight is 280 g/mol. The molecule has 0 bridgehead atoms. The van der Waals surface area contributed by atoms with Crippen LogP contribution in [0.25, 0.3) is 22.2 Å². The van der Waals surface area contributed by atoms with Gasteiger partial charge < -0.3 is 4.74 Å². The van der Waals surface area contributed by atoms with Crippen molar-refractivity contribution in [3.63, 3.8) is 0 Å². The van der Waals surface area contributed by atoms with Gasteiger partial charge in [0.1, 0.15) is 11.4 Å². The van der Waals surface area contributed by atoms with Crippen LogP contribution in [0.1, 0.15) is 17.3 Å². The van der Waals surface area contributed by atoms with Gasteiger partial charge in [0, 0.05) is 16.5 Å². The molecule has 1 heterocycles. The smallest absolute Gasteiger partial charge is 0.298 e. The molecule has 1 N–H and O–H groups in total. The van der Waals surface area contributed by atoms with Gasteiger partial charge in [-0.3, -0.25) is 14.7 Å². The predicted octanol–water partition coefficient (Wildman–Crippen LogP) is 2.97. The van der Waals surface area contributed by atoms with Gasteiger partial charge in [-0.25, -0.2) is 0 Å². The maximum absolute atomic E-state index is 11.5. The molecule has 0 fully saturated rings. The Morgan fingerprint density at radius 3 is 2.86 bits per heavy atom. The van der Waals surface area contributed by atoms with E-state index in [0.717, 1.165) is 16.5 Å². The molecule has 3 aromatic rings. The number of rotatable bonds is 4. The first kappa shape index (κ1) is 13.1. The molecule has 0 aliphatic carbocycles. The van der Waals surface area contributed by atoms with E-state index in [1.807, 2.05) is 12.1 Å². The number of aromatic amines is 1. The van der Waals surface area contributed by atoms with Crippen LogP contribution in [-0.2, 0) is 4.79 Å². The molecule has 5 nitrogen and oxygen atoms in total. The molecule has 21 heavy (non-hydrogen) atoms. The Hall–Kier alpha value is -2.95. The number of hydrogen-bond donors (Lipinski definition) is 1. The molecule has 0 saturated carbocycles. The number of ketones is 1. The summed E-state index contributed by atoms with van der Waals surface area (Å²) in [5.74, 6) is 0.449. The summed E-state index contributed by atoms with van der Waals surface area (Å²) < 4.78 is 4.86. The maximum atomic E-state index is 11.5. The van der Waals surface area contributed by atoms with Crippen molar-refractivity contribution in [2.24, 2.45) is 0 Å². The summed E-state index contributed by atoms with van der Waals surface area (Å²) in [6.07, 6.45) is 0. The van der Waals surface area contributed by atoms with E-state index in [0.29, 0.717) is 23.5 Å². The third-order valence-corrected chi connectivity index (χ3v) is 3.26. The molecule has 0 amide bonds. The lowest BCUT2D eigenvalue weighted by Gasteiger charge is -2.02. The number of hydrogen-bond acceptors (Lipinski definition) is 4. The molecule has 0 spiro atoms. The number of H-pyrrole nitrogens is 1. The van der Waals surface area contributed by atoms with Crippen molar-refractivity contribution in [3.05, 3.63) is 48.0 Å². The molecule has 0 atom stereocenters. The highest BCUT2D eigenvalue weighted by Gasteiger charge is 2.11. The van der Waals surface area contributed by atoms with E-state index in [4.69, 9.17) is 4.74 Å². The van der Waals surface area contributed by atoms with Gasteiger partial charge in [0.15, 0.2) is 5.78 Å². The third-order valence-electron chi connectivity index (χ3n) is 3.26. The lowest BCUT2D eigenvalue weighted by molar-refractivity contribution is -0.120. The molecule has 0 saturated heterocycles. The van der Waals surface area contributed by atoms with Gasteiger partial charge in [0.25, 0.3) is 6.47 Å². The number of carbonyl (C=O) groups excluding carboxylic acids is 2. The van der Waals surface area contributed by atoms with Crippen LogP contribution >= 0.6 is 0 Å². The monoisotopic (exact) mass is 280 g/mol. The molecule has 104 valence electrons. The predicted molar refractivity (Wildman–Crippen MR) is 78.2 cm³/mol. The quantitative estimate of drug-likeness (QED) is 0.589. The highest BCUT2D eigenvalue weighted by atomic mass is 16.5. The number of fused-ring (bicyclic) bond motifs is 1. The normalized spacial score (nSPS) is 10.5. The molecule has 2 aromatic carbocycles. The Labute approximate surface area is 120 Å². The molecule has 1 aromatic heterocycles. The van der Waals surface area contributed by atoms with E-state index in [1.54, 1.807) is 30.3 Å².